The number of aromatic nitrogens is 1. The highest BCUT2D eigenvalue weighted by Gasteiger charge is 2.07. The number of hydrogen-bond donors (Lipinski definition) is 2. The molecule has 0 fully saturated rings. The van der Waals surface area contributed by atoms with Crippen LogP contribution in [0.5, 0.6) is 0 Å². The van der Waals surface area contributed by atoms with Crippen molar-refractivity contribution in [2.45, 2.75) is 19.9 Å². The first kappa shape index (κ1) is 15.2. The predicted octanol–water partition coefficient (Wildman–Crippen LogP) is 2.12. The summed E-state index contributed by atoms with van der Waals surface area (Å²) in [5.41, 5.74) is 4.09. The molecule has 1 amide bonds. The zero-order valence-electron chi connectivity index (χ0n) is 11.7. The third-order valence-electron chi connectivity index (χ3n) is 2.72. The number of benzene rings is 1. The number of aliphatic hydroxyl groups is 1. The van der Waals surface area contributed by atoms with Crippen molar-refractivity contribution in [3.63, 3.8) is 0 Å². The lowest BCUT2D eigenvalue weighted by atomic mass is 10.1. The van der Waals surface area contributed by atoms with Crippen molar-refractivity contribution >= 4 is 17.2 Å². The summed E-state index contributed by atoms with van der Waals surface area (Å²) in [6.07, 6.45) is 2.17. The minimum atomic E-state index is -0.127. The molecule has 0 unspecified atom stereocenters. The summed E-state index contributed by atoms with van der Waals surface area (Å²) in [5.74, 6) is 5.69. The van der Waals surface area contributed by atoms with Gasteiger partial charge in [-0.1, -0.05) is 11.8 Å². The van der Waals surface area contributed by atoms with Crippen LogP contribution < -0.4 is 5.32 Å². The van der Waals surface area contributed by atoms with Gasteiger partial charge in [0.25, 0.3) is 5.91 Å². The molecule has 1 heterocycles. The highest BCUT2D eigenvalue weighted by atomic mass is 32.1. The van der Waals surface area contributed by atoms with Gasteiger partial charge in [-0.25, -0.2) is 0 Å². The van der Waals surface area contributed by atoms with Crippen molar-refractivity contribution in [1.82, 2.24) is 10.3 Å². The van der Waals surface area contributed by atoms with Crippen LogP contribution in [0.25, 0.3) is 0 Å². The predicted molar refractivity (Wildman–Crippen MR) is 83.0 cm³/mol. The van der Waals surface area contributed by atoms with Crippen LogP contribution in [0.3, 0.4) is 0 Å². The van der Waals surface area contributed by atoms with Gasteiger partial charge in [0.15, 0.2) is 0 Å². The lowest BCUT2D eigenvalue weighted by Crippen LogP contribution is -2.22. The maximum Gasteiger partial charge on any atom is 0.251 e. The van der Waals surface area contributed by atoms with Crippen LogP contribution in [0.4, 0.5) is 0 Å². The lowest BCUT2D eigenvalue weighted by Gasteiger charge is -2.05. The Morgan fingerprint density at radius 1 is 1.43 bits per heavy atom. The quantitative estimate of drug-likeness (QED) is 0.850. The first-order valence-electron chi connectivity index (χ1n) is 6.56. The van der Waals surface area contributed by atoms with Crippen LogP contribution in [0.1, 0.15) is 32.8 Å². The number of hydrogen-bond acceptors (Lipinski definition) is 4. The molecule has 0 saturated carbocycles. The number of aliphatic hydroxyl groups excluding tert-OH is 1. The van der Waals surface area contributed by atoms with E-state index in [1.807, 2.05) is 19.1 Å². The van der Waals surface area contributed by atoms with Crippen LogP contribution in [0.2, 0.25) is 0 Å². The van der Waals surface area contributed by atoms with Crippen molar-refractivity contribution < 1.29 is 9.90 Å². The van der Waals surface area contributed by atoms with Crippen LogP contribution >= 0.6 is 11.3 Å². The fourth-order valence-corrected chi connectivity index (χ4v) is 2.34. The van der Waals surface area contributed by atoms with E-state index in [-0.39, 0.29) is 12.5 Å². The van der Waals surface area contributed by atoms with E-state index in [2.05, 4.69) is 22.1 Å². The fourth-order valence-electron chi connectivity index (χ4n) is 1.81. The lowest BCUT2D eigenvalue weighted by molar-refractivity contribution is 0.0951. The van der Waals surface area contributed by atoms with Crippen LogP contribution in [0.15, 0.2) is 29.9 Å². The number of rotatable bonds is 4. The average molecular weight is 300 g/mol. The Morgan fingerprint density at radius 3 is 3.00 bits per heavy atom. The van der Waals surface area contributed by atoms with E-state index < -0.39 is 0 Å². The number of aryl methyl sites for hydroxylation is 1. The smallest absolute Gasteiger partial charge is 0.251 e. The fraction of sp³-hybridized carbons (Fsp3) is 0.250. The molecule has 108 valence electrons. The number of nitrogens with one attached hydrogen (secondary N) is 1. The second kappa shape index (κ2) is 7.58. The molecule has 0 atom stereocenters. The Bertz CT molecular complexity index is 669. The van der Waals surface area contributed by atoms with Gasteiger partial charge in [-0.15, -0.1) is 11.3 Å². The molecule has 2 rings (SSSR count). The van der Waals surface area contributed by atoms with Crippen molar-refractivity contribution in [2.75, 3.05) is 6.61 Å². The van der Waals surface area contributed by atoms with E-state index in [9.17, 15) is 4.79 Å². The van der Waals surface area contributed by atoms with Crippen LogP contribution in [-0.2, 0) is 6.54 Å². The van der Waals surface area contributed by atoms with Crippen molar-refractivity contribution in [3.05, 3.63) is 51.5 Å². The van der Waals surface area contributed by atoms with Gasteiger partial charge in [0, 0.05) is 28.6 Å². The maximum absolute atomic E-state index is 12.2. The summed E-state index contributed by atoms with van der Waals surface area (Å²) in [6, 6.07) is 5.52. The molecule has 0 aliphatic rings. The summed E-state index contributed by atoms with van der Waals surface area (Å²) in [5, 5.41) is 11.6. The van der Waals surface area contributed by atoms with Gasteiger partial charge in [-0.3, -0.25) is 9.78 Å². The normalized spacial score (nSPS) is 9.81. The molecule has 0 bridgehead atoms. The van der Waals surface area contributed by atoms with Gasteiger partial charge in [0.05, 0.1) is 18.7 Å². The van der Waals surface area contributed by atoms with Crippen molar-refractivity contribution in [1.29, 1.82) is 0 Å². The standard InChI is InChI=1S/C16H16N2O2S/c1-12-6-13(4-2-3-5-19)8-14(7-12)16(20)18-10-15-9-17-11-21-15/h6-9,11,19H,3,5,10H2,1H3,(H,18,20). The molecule has 0 saturated heterocycles. The van der Waals surface area contributed by atoms with E-state index >= 15 is 0 Å². The highest BCUT2D eigenvalue weighted by Crippen LogP contribution is 2.10. The van der Waals surface area contributed by atoms with Crippen molar-refractivity contribution in [3.8, 4) is 11.8 Å². The summed E-state index contributed by atoms with van der Waals surface area (Å²) in [7, 11) is 0. The second-order valence-electron chi connectivity index (χ2n) is 4.51. The molecule has 0 aliphatic carbocycles. The Morgan fingerprint density at radius 2 is 2.29 bits per heavy atom. The Hall–Kier alpha value is -2.16. The molecule has 1 aromatic heterocycles. The average Bonchev–Trinajstić information content (AvgIpc) is 2.98. The summed E-state index contributed by atoms with van der Waals surface area (Å²) >= 11 is 1.51. The van der Waals surface area contributed by atoms with E-state index in [0.717, 1.165) is 16.0 Å². The summed E-state index contributed by atoms with van der Waals surface area (Å²) < 4.78 is 0. The Kier molecular flexibility index (Phi) is 5.50. The van der Waals surface area contributed by atoms with Gasteiger partial charge >= 0.3 is 0 Å². The minimum Gasteiger partial charge on any atom is -0.395 e. The van der Waals surface area contributed by atoms with Gasteiger partial charge in [-0.2, -0.15) is 0 Å². The molecular formula is C16H16N2O2S. The topological polar surface area (TPSA) is 62.2 Å². The zero-order chi connectivity index (χ0) is 15.1. The Labute approximate surface area is 127 Å². The number of amides is 1. The summed E-state index contributed by atoms with van der Waals surface area (Å²) in [6.45, 7) is 2.45. The highest BCUT2D eigenvalue weighted by molar-refractivity contribution is 7.09. The first-order chi connectivity index (χ1) is 10.2. The third-order valence-corrected chi connectivity index (χ3v) is 3.50. The molecule has 0 radical (unpaired) electrons. The third kappa shape index (κ3) is 4.71. The monoisotopic (exact) mass is 300 g/mol. The van der Waals surface area contributed by atoms with Gasteiger partial charge in [0.1, 0.15) is 0 Å². The van der Waals surface area contributed by atoms with Gasteiger partial charge in [0.2, 0.25) is 0 Å². The number of carbonyl (C=O) groups is 1. The molecule has 0 aliphatic heterocycles. The minimum absolute atomic E-state index is 0.0427. The largest absolute Gasteiger partial charge is 0.395 e. The maximum atomic E-state index is 12.2. The van der Waals surface area contributed by atoms with E-state index in [1.165, 1.54) is 11.3 Å². The van der Waals surface area contributed by atoms with Crippen LogP contribution in [0, 0.1) is 18.8 Å². The Balaban J connectivity index is 2.08. The first-order valence-corrected chi connectivity index (χ1v) is 7.44. The molecule has 2 aromatic rings. The molecule has 0 spiro atoms. The number of nitrogens with zero attached hydrogens (tertiary/aromatic N) is 1. The number of thiazole rings is 1. The number of carbonyl (C=O) groups excluding carboxylic acids is 1. The molecule has 4 nitrogen and oxygen atoms in total. The zero-order valence-corrected chi connectivity index (χ0v) is 12.5. The van der Waals surface area contributed by atoms with Gasteiger partial charge in [-0.05, 0) is 30.7 Å². The van der Waals surface area contributed by atoms with E-state index in [4.69, 9.17) is 5.11 Å². The van der Waals surface area contributed by atoms with Crippen molar-refractivity contribution in [2.24, 2.45) is 0 Å². The molecule has 21 heavy (non-hydrogen) atoms. The second-order valence-corrected chi connectivity index (χ2v) is 5.48. The van der Waals surface area contributed by atoms with E-state index in [1.54, 1.807) is 17.8 Å². The molecule has 1 aromatic carbocycles. The van der Waals surface area contributed by atoms with E-state index in [0.29, 0.717) is 18.5 Å². The molecule has 2 N–H and O–H groups in total. The molecule has 5 heteroatoms. The van der Waals surface area contributed by atoms with Crippen LogP contribution in [-0.4, -0.2) is 22.6 Å². The van der Waals surface area contributed by atoms with Gasteiger partial charge < -0.3 is 10.4 Å². The summed E-state index contributed by atoms with van der Waals surface area (Å²) in [4.78, 5) is 17.1. The molecular weight excluding hydrogens is 284 g/mol. The SMILES string of the molecule is Cc1cc(C#CCCO)cc(C(=O)NCc2cncs2)c1.